The minimum atomic E-state index is -0.707. The van der Waals surface area contributed by atoms with Gasteiger partial charge in [-0.2, -0.15) is 0 Å². The van der Waals surface area contributed by atoms with E-state index < -0.39 is 11.9 Å². The van der Waals surface area contributed by atoms with Gasteiger partial charge in [0.2, 0.25) is 0 Å². The van der Waals surface area contributed by atoms with Gasteiger partial charge in [-0.15, -0.1) is 0 Å². The first-order valence-electron chi connectivity index (χ1n) is 6.60. The molecule has 0 radical (unpaired) electrons. The topological polar surface area (TPSA) is 23.5 Å². The molecule has 1 heterocycles. The molecule has 2 aromatic rings. The number of anilines is 2. The zero-order chi connectivity index (χ0) is 14.3. The van der Waals surface area contributed by atoms with Crippen LogP contribution < -0.4 is 4.90 Å². The maximum Gasteiger partial charge on any atom is 0.147 e. The number of rotatable bonds is 2. The summed E-state index contributed by atoms with van der Waals surface area (Å²) in [5, 5.41) is 9.47. The molecule has 0 bridgehead atoms. The average molecular weight is 275 g/mol. The summed E-state index contributed by atoms with van der Waals surface area (Å²) >= 11 is 0. The van der Waals surface area contributed by atoms with Gasteiger partial charge in [-0.1, -0.05) is 12.1 Å². The molecule has 2 aromatic carbocycles. The highest BCUT2D eigenvalue weighted by Gasteiger charge is 2.23. The molecule has 0 amide bonds. The van der Waals surface area contributed by atoms with Crippen LogP contribution in [0.1, 0.15) is 24.2 Å². The Labute approximate surface area is 116 Å². The van der Waals surface area contributed by atoms with E-state index in [-0.39, 0.29) is 5.82 Å². The molecule has 1 aliphatic heterocycles. The number of benzene rings is 2. The molecule has 4 heteroatoms. The molecule has 1 atom stereocenters. The van der Waals surface area contributed by atoms with E-state index in [4.69, 9.17) is 0 Å². The molecule has 2 nitrogen and oxygen atoms in total. The van der Waals surface area contributed by atoms with E-state index in [2.05, 4.69) is 0 Å². The third kappa shape index (κ3) is 2.16. The SMILES string of the molecule is C[C@H](O)c1ccc(N2CCc3ccc(F)cc32)c(F)c1. The fourth-order valence-electron chi connectivity index (χ4n) is 2.60. The van der Waals surface area contributed by atoms with Crippen molar-refractivity contribution in [1.29, 1.82) is 0 Å². The van der Waals surface area contributed by atoms with Crippen molar-refractivity contribution in [3.8, 4) is 0 Å². The van der Waals surface area contributed by atoms with Crippen LogP contribution in [0.25, 0.3) is 0 Å². The molecule has 0 saturated carbocycles. The highest BCUT2D eigenvalue weighted by Crippen LogP contribution is 2.36. The largest absolute Gasteiger partial charge is 0.389 e. The average Bonchev–Trinajstić information content (AvgIpc) is 2.81. The predicted molar refractivity (Wildman–Crippen MR) is 74.1 cm³/mol. The molecule has 0 saturated heterocycles. The van der Waals surface area contributed by atoms with Crippen LogP contribution in [0.4, 0.5) is 20.2 Å². The zero-order valence-electron chi connectivity index (χ0n) is 11.1. The second-order valence-electron chi connectivity index (χ2n) is 5.06. The number of nitrogens with zero attached hydrogens (tertiary/aromatic N) is 1. The first-order chi connectivity index (χ1) is 9.56. The molecular formula is C16H15F2NO. The molecule has 3 rings (SSSR count). The Bertz CT molecular complexity index is 655. The summed E-state index contributed by atoms with van der Waals surface area (Å²) < 4.78 is 27.6. The molecular weight excluding hydrogens is 260 g/mol. The van der Waals surface area contributed by atoms with Gasteiger partial charge in [-0.3, -0.25) is 0 Å². The summed E-state index contributed by atoms with van der Waals surface area (Å²) in [7, 11) is 0. The Kier molecular flexibility index (Phi) is 3.18. The molecule has 0 unspecified atom stereocenters. The molecule has 0 aliphatic carbocycles. The van der Waals surface area contributed by atoms with Crippen molar-refractivity contribution in [3.05, 3.63) is 59.2 Å². The van der Waals surface area contributed by atoms with Crippen LogP contribution in [0.5, 0.6) is 0 Å². The molecule has 1 aliphatic rings. The van der Waals surface area contributed by atoms with E-state index in [1.54, 1.807) is 30.0 Å². The normalized spacial score (nSPS) is 15.3. The molecule has 0 fully saturated rings. The Morgan fingerprint density at radius 1 is 1.10 bits per heavy atom. The van der Waals surface area contributed by atoms with Crippen LogP contribution in [0, 0.1) is 11.6 Å². The summed E-state index contributed by atoms with van der Waals surface area (Å²) in [4.78, 5) is 1.78. The van der Waals surface area contributed by atoms with E-state index in [1.165, 1.54) is 18.2 Å². The number of fused-ring (bicyclic) bond motifs is 1. The standard InChI is InChI=1S/C16H15F2NO/c1-10(20)12-3-5-15(14(18)8-12)19-7-6-11-2-4-13(17)9-16(11)19/h2-5,8-10,20H,6-7H2,1H3/t10-/m0/s1. The minimum absolute atomic E-state index is 0.323. The summed E-state index contributed by atoms with van der Waals surface area (Å²) in [6.45, 7) is 2.22. The first kappa shape index (κ1) is 13.1. The van der Waals surface area contributed by atoms with Crippen LogP contribution in [0.2, 0.25) is 0 Å². The monoisotopic (exact) mass is 275 g/mol. The number of halogens is 2. The summed E-state index contributed by atoms with van der Waals surface area (Å²) in [6, 6.07) is 9.27. The van der Waals surface area contributed by atoms with Crippen LogP contribution in [-0.2, 0) is 6.42 Å². The van der Waals surface area contributed by atoms with Crippen LogP contribution in [-0.4, -0.2) is 11.7 Å². The maximum absolute atomic E-state index is 14.2. The van der Waals surface area contributed by atoms with Crippen molar-refractivity contribution >= 4 is 11.4 Å². The van der Waals surface area contributed by atoms with Gasteiger partial charge in [0, 0.05) is 12.2 Å². The lowest BCUT2D eigenvalue weighted by molar-refractivity contribution is 0.199. The second-order valence-corrected chi connectivity index (χ2v) is 5.06. The summed E-state index contributed by atoms with van der Waals surface area (Å²) in [6.07, 6.45) is 0.0644. The van der Waals surface area contributed by atoms with Crippen molar-refractivity contribution < 1.29 is 13.9 Å². The molecule has 20 heavy (non-hydrogen) atoms. The van der Waals surface area contributed by atoms with Crippen molar-refractivity contribution in [2.45, 2.75) is 19.4 Å². The third-order valence-electron chi connectivity index (χ3n) is 3.69. The van der Waals surface area contributed by atoms with Gasteiger partial charge in [-0.05, 0) is 48.7 Å². The number of hydrogen-bond donors (Lipinski definition) is 1. The minimum Gasteiger partial charge on any atom is -0.389 e. The van der Waals surface area contributed by atoms with Crippen molar-refractivity contribution in [2.75, 3.05) is 11.4 Å². The zero-order valence-corrected chi connectivity index (χ0v) is 11.1. The smallest absolute Gasteiger partial charge is 0.147 e. The highest BCUT2D eigenvalue weighted by molar-refractivity contribution is 5.70. The molecule has 0 aromatic heterocycles. The fraction of sp³-hybridized carbons (Fsp3) is 0.250. The lowest BCUT2D eigenvalue weighted by Gasteiger charge is -2.21. The number of aliphatic hydroxyl groups is 1. The lowest BCUT2D eigenvalue weighted by atomic mass is 10.1. The van der Waals surface area contributed by atoms with E-state index >= 15 is 0 Å². The van der Waals surface area contributed by atoms with Crippen molar-refractivity contribution in [1.82, 2.24) is 0 Å². The Morgan fingerprint density at radius 2 is 1.90 bits per heavy atom. The summed E-state index contributed by atoms with van der Waals surface area (Å²) in [5.41, 5.74) is 2.68. The van der Waals surface area contributed by atoms with Gasteiger partial charge in [0.25, 0.3) is 0 Å². The predicted octanol–water partition coefficient (Wildman–Crippen LogP) is 3.71. The van der Waals surface area contributed by atoms with Crippen LogP contribution in [0.15, 0.2) is 36.4 Å². The Morgan fingerprint density at radius 3 is 2.60 bits per heavy atom. The Hall–Kier alpha value is -1.94. The van der Waals surface area contributed by atoms with E-state index in [1.807, 2.05) is 0 Å². The summed E-state index contributed by atoms with van der Waals surface area (Å²) in [5.74, 6) is -0.725. The van der Waals surface area contributed by atoms with Crippen LogP contribution in [0.3, 0.4) is 0 Å². The highest BCUT2D eigenvalue weighted by atomic mass is 19.1. The maximum atomic E-state index is 14.2. The number of hydrogen-bond acceptors (Lipinski definition) is 2. The van der Waals surface area contributed by atoms with E-state index in [9.17, 15) is 13.9 Å². The van der Waals surface area contributed by atoms with Gasteiger partial charge in [-0.25, -0.2) is 8.78 Å². The van der Waals surface area contributed by atoms with Gasteiger partial charge in [0.1, 0.15) is 11.6 Å². The van der Waals surface area contributed by atoms with Gasteiger partial charge in [0.05, 0.1) is 11.8 Å². The second kappa shape index (κ2) is 4.87. The molecule has 0 spiro atoms. The molecule has 104 valence electrons. The van der Waals surface area contributed by atoms with Gasteiger partial charge in [0.15, 0.2) is 0 Å². The Balaban J connectivity index is 2.02. The fourth-order valence-corrected chi connectivity index (χ4v) is 2.60. The van der Waals surface area contributed by atoms with Gasteiger partial charge < -0.3 is 10.0 Å². The molecule has 1 N–H and O–H groups in total. The van der Waals surface area contributed by atoms with Crippen LogP contribution >= 0.6 is 0 Å². The van der Waals surface area contributed by atoms with E-state index in [0.717, 1.165) is 12.0 Å². The lowest BCUT2D eigenvalue weighted by Crippen LogP contribution is -2.15. The van der Waals surface area contributed by atoms with Crippen molar-refractivity contribution in [3.63, 3.8) is 0 Å². The quantitative estimate of drug-likeness (QED) is 0.903. The van der Waals surface area contributed by atoms with E-state index in [0.29, 0.717) is 23.5 Å². The first-order valence-corrected chi connectivity index (χ1v) is 6.60. The van der Waals surface area contributed by atoms with Crippen molar-refractivity contribution in [2.24, 2.45) is 0 Å². The third-order valence-corrected chi connectivity index (χ3v) is 3.69. The van der Waals surface area contributed by atoms with Gasteiger partial charge >= 0.3 is 0 Å². The number of aliphatic hydroxyl groups excluding tert-OH is 1.